The lowest BCUT2D eigenvalue weighted by atomic mass is 10.2. The van der Waals surface area contributed by atoms with E-state index in [0.717, 1.165) is 4.90 Å². The number of carboxylic acid groups (broad SMARTS) is 1. The zero-order chi connectivity index (χ0) is 14.4. The van der Waals surface area contributed by atoms with E-state index in [0.29, 0.717) is 11.3 Å². The van der Waals surface area contributed by atoms with Crippen LogP contribution < -0.4 is 4.74 Å². The van der Waals surface area contributed by atoms with Gasteiger partial charge in [-0.1, -0.05) is 12.1 Å². The molecule has 1 unspecified atom stereocenters. The summed E-state index contributed by atoms with van der Waals surface area (Å²) in [7, 11) is 1.38. The minimum absolute atomic E-state index is 0.301. The Morgan fingerprint density at radius 3 is 2.68 bits per heavy atom. The number of carbonyl (C=O) groups excluding carboxylic acids is 1. The second-order valence-electron chi connectivity index (χ2n) is 3.96. The van der Waals surface area contributed by atoms with Gasteiger partial charge in [0.1, 0.15) is 18.4 Å². The second-order valence-corrected chi connectivity index (χ2v) is 3.96. The number of nitrogens with zero attached hydrogens (tertiary/aromatic N) is 2. The summed E-state index contributed by atoms with van der Waals surface area (Å²) in [5, 5.41) is 17.5. The zero-order valence-electron chi connectivity index (χ0n) is 10.7. The lowest BCUT2D eigenvalue weighted by Gasteiger charge is -2.20. The molecule has 1 N–H and O–H groups in total. The minimum Gasteiger partial charge on any atom is -0.480 e. The molecule has 1 rings (SSSR count). The number of para-hydroxylation sites is 1. The van der Waals surface area contributed by atoms with E-state index in [1.807, 2.05) is 6.07 Å². The monoisotopic (exact) mass is 262 g/mol. The number of nitriles is 1. The summed E-state index contributed by atoms with van der Waals surface area (Å²) in [6.45, 7) is 1.11. The highest BCUT2D eigenvalue weighted by Crippen LogP contribution is 2.18. The number of aliphatic carboxylic acids is 1. The lowest BCUT2D eigenvalue weighted by Crippen LogP contribution is -2.40. The van der Waals surface area contributed by atoms with E-state index in [1.165, 1.54) is 14.0 Å². The molecule has 1 amide bonds. The van der Waals surface area contributed by atoms with Crippen LogP contribution >= 0.6 is 0 Å². The predicted molar refractivity (Wildman–Crippen MR) is 66.5 cm³/mol. The molecule has 0 aromatic heterocycles. The molecule has 1 aromatic carbocycles. The molecular formula is C13H14N2O4. The molecule has 0 bridgehead atoms. The average molecular weight is 262 g/mol. The summed E-state index contributed by atoms with van der Waals surface area (Å²) < 4.78 is 5.39. The number of amides is 1. The van der Waals surface area contributed by atoms with E-state index >= 15 is 0 Å². The summed E-state index contributed by atoms with van der Waals surface area (Å²) in [5.74, 6) is -1.26. The Morgan fingerprint density at radius 2 is 2.11 bits per heavy atom. The fraction of sp³-hybridized carbons (Fsp3) is 0.308. The van der Waals surface area contributed by atoms with Crippen molar-refractivity contribution in [2.24, 2.45) is 0 Å². The molecule has 0 aliphatic carbocycles. The Labute approximate surface area is 110 Å². The molecule has 0 radical (unpaired) electrons. The maximum absolute atomic E-state index is 11.8. The van der Waals surface area contributed by atoms with Gasteiger partial charge in [-0.15, -0.1) is 0 Å². The average Bonchev–Trinajstić information content (AvgIpc) is 2.37. The summed E-state index contributed by atoms with van der Waals surface area (Å²) in [4.78, 5) is 23.4. The number of rotatable bonds is 5. The Kier molecular flexibility index (Phi) is 4.89. The van der Waals surface area contributed by atoms with Crippen molar-refractivity contribution in [2.75, 3.05) is 13.6 Å². The van der Waals surface area contributed by atoms with Crippen LogP contribution in [-0.2, 0) is 9.59 Å². The normalized spacial score (nSPS) is 11.2. The van der Waals surface area contributed by atoms with E-state index in [-0.39, 0.29) is 0 Å². The van der Waals surface area contributed by atoms with Crippen LogP contribution in [0.4, 0.5) is 0 Å². The van der Waals surface area contributed by atoms with Crippen LogP contribution in [0.3, 0.4) is 0 Å². The number of likely N-dealkylation sites (N-methyl/N-ethyl adjacent to an activating group) is 1. The van der Waals surface area contributed by atoms with Crippen LogP contribution in [0.2, 0.25) is 0 Å². The lowest BCUT2D eigenvalue weighted by molar-refractivity contribution is -0.146. The number of hydrogen-bond donors (Lipinski definition) is 1. The van der Waals surface area contributed by atoms with Crippen molar-refractivity contribution in [2.45, 2.75) is 13.0 Å². The first-order valence-corrected chi connectivity index (χ1v) is 5.58. The van der Waals surface area contributed by atoms with Crippen molar-refractivity contribution in [3.8, 4) is 11.8 Å². The van der Waals surface area contributed by atoms with Crippen molar-refractivity contribution in [1.82, 2.24) is 4.90 Å². The summed E-state index contributed by atoms with van der Waals surface area (Å²) in [5.41, 5.74) is 0.322. The van der Waals surface area contributed by atoms with Crippen LogP contribution in [0.5, 0.6) is 5.75 Å². The van der Waals surface area contributed by atoms with Crippen molar-refractivity contribution in [3.05, 3.63) is 29.8 Å². The predicted octanol–water partition coefficient (Wildman–Crippen LogP) is 0.869. The highest BCUT2D eigenvalue weighted by atomic mass is 16.5. The van der Waals surface area contributed by atoms with Crippen LogP contribution in [0.25, 0.3) is 0 Å². The quantitative estimate of drug-likeness (QED) is 0.850. The Hall–Kier alpha value is -2.55. The molecular weight excluding hydrogens is 248 g/mol. The van der Waals surface area contributed by atoms with Gasteiger partial charge in [-0.25, -0.2) is 0 Å². The van der Waals surface area contributed by atoms with Crippen LogP contribution in [-0.4, -0.2) is 41.6 Å². The third-order valence-electron chi connectivity index (χ3n) is 2.41. The summed E-state index contributed by atoms with van der Waals surface area (Å²) >= 11 is 0. The van der Waals surface area contributed by atoms with Gasteiger partial charge in [0.15, 0.2) is 6.10 Å². The van der Waals surface area contributed by atoms with Gasteiger partial charge in [0, 0.05) is 7.05 Å². The molecule has 0 spiro atoms. The Bertz CT molecular complexity index is 522. The third kappa shape index (κ3) is 4.00. The summed E-state index contributed by atoms with van der Waals surface area (Å²) in [6, 6.07) is 8.49. The van der Waals surface area contributed by atoms with Gasteiger partial charge in [0.2, 0.25) is 0 Å². The smallest absolute Gasteiger partial charge is 0.323 e. The van der Waals surface area contributed by atoms with E-state index in [2.05, 4.69) is 0 Å². The molecule has 6 heteroatoms. The molecule has 19 heavy (non-hydrogen) atoms. The standard InChI is InChI=1S/C13H14N2O4/c1-9(13(18)15(2)8-12(16)17)19-11-6-4-3-5-10(11)7-14/h3-6,9H,8H2,1-2H3,(H,16,17). The number of benzene rings is 1. The molecule has 0 saturated heterocycles. The van der Waals surface area contributed by atoms with Crippen LogP contribution in [0.1, 0.15) is 12.5 Å². The van der Waals surface area contributed by atoms with Gasteiger partial charge in [-0.05, 0) is 19.1 Å². The zero-order valence-corrected chi connectivity index (χ0v) is 10.7. The Balaban J connectivity index is 2.74. The Morgan fingerprint density at radius 1 is 1.47 bits per heavy atom. The van der Waals surface area contributed by atoms with Gasteiger partial charge in [0.25, 0.3) is 5.91 Å². The molecule has 1 atom stereocenters. The maximum atomic E-state index is 11.8. The van der Waals surface area contributed by atoms with Crippen LogP contribution in [0, 0.1) is 11.3 Å². The van der Waals surface area contributed by atoms with Crippen molar-refractivity contribution < 1.29 is 19.4 Å². The first kappa shape index (κ1) is 14.5. The number of ether oxygens (including phenoxy) is 1. The second kappa shape index (κ2) is 6.40. The fourth-order valence-electron chi connectivity index (χ4n) is 1.49. The van der Waals surface area contributed by atoms with Gasteiger partial charge >= 0.3 is 5.97 Å². The van der Waals surface area contributed by atoms with Crippen LogP contribution in [0.15, 0.2) is 24.3 Å². The highest BCUT2D eigenvalue weighted by molar-refractivity contribution is 5.84. The topological polar surface area (TPSA) is 90.6 Å². The maximum Gasteiger partial charge on any atom is 0.323 e. The first-order valence-electron chi connectivity index (χ1n) is 5.58. The summed E-state index contributed by atoms with van der Waals surface area (Å²) in [6.07, 6.45) is -0.862. The van der Waals surface area contributed by atoms with E-state index < -0.39 is 24.5 Å². The third-order valence-corrected chi connectivity index (χ3v) is 2.41. The first-order chi connectivity index (χ1) is 8.95. The van der Waals surface area contributed by atoms with Gasteiger partial charge < -0.3 is 14.7 Å². The van der Waals surface area contributed by atoms with Gasteiger partial charge in [-0.2, -0.15) is 5.26 Å². The molecule has 6 nitrogen and oxygen atoms in total. The molecule has 0 heterocycles. The van der Waals surface area contributed by atoms with Crippen molar-refractivity contribution in [3.63, 3.8) is 0 Å². The van der Waals surface area contributed by atoms with E-state index in [1.54, 1.807) is 24.3 Å². The molecule has 0 aliphatic heterocycles. The number of carboxylic acids is 1. The van der Waals surface area contributed by atoms with E-state index in [4.69, 9.17) is 15.1 Å². The molecule has 100 valence electrons. The van der Waals surface area contributed by atoms with Gasteiger partial charge in [0.05, 0.1) is 5.56 Å². The fourth-order valence-corrected chi connectivity index (χ4v) is 1.49. The largest absolute Gasteiger partial charge is 0.480 e. The van der Waals surface area contributed by atoms with Gasteiger partial charge in [-0.3, -0.25) is 9.59 Å². The SMILES string of the molecule is CC(Oc1ccccc1C#N)C(=O)N(C)CC(=O)O. The minimum atomic E-state index is -1.10. The van der Waals surface area contributed by atoms with Crippen molar-refractivity contribution in [1.29, 1.82) is 5.26 Å². The van der Waals surface area contributed by atoms with E-state index in [9.17, 15) is 9.59 Å². The molecule has 0 saturated carbocycles. The number of carbonyl (C=O) groups is 2. The highest BCUT2D eigenvalue weighted by Gasteiger charge is 2.21. The molecule has 0 fully saturated rings. The molecule has 0 aliphatic rings. The number of hydrogen-bond acceptors (Lipinski definition) is 4. The van der Waals surface area contributed by atoms with Crippen molar-refractivity contribution >= 4 is 11.9 Å². The molecule has 1 aromatic rings.